The van der Waals surface area contributed by atoms with Gasteiger partial charge in [0.05, 0.1) is 12.6 Å². The summed E-state index contributed by atoms with van der Waals surface area (Å²) in [4.78, 5) is 11.3. The average Bonchev–Trinajstić information content (AvgIpc) is 2.87. The van der Waals surface area contributed by atoms with Crippen LogP contribution in [0.5, 0.6) is 0 Å². The van der Waals surface area contributed by atoms with E-state index in [1.165, 1.54) is 0 Å². The summed E-state index contributed by atoms with van der Waals surface area (Å²) in [6, 6.07) is 0.201. The molecule has 1 aromatic heterocycles. The second kappa shape index (κ2) is 6.19. The van der Waals surface area contributed by atoms with Crippen LogP contribution in [0.4, 0.5) is 11.6 Å². The highest BCUT2D eigenvalue weighted by atomic mass is 16.3. The van der Waals surface area contributed by atoms with Crippen LogP contribution in [0.3, 0.4) is 0 Å². The lowest BCUT2D eigenvalue weighted by Gasteiger charge is -2.26. The second-order valence-corrected chi connectivity index (χ2v) is 5.17. The zero-order valence-corrected chi connectivity index (χ0v) is 12.1. The van der Waals surface area contributed by atoms with Crippen molar-refractivity contribution in [3.63, 3.8) is 0 Å². The maximum atomic E-state index is 9.47. The smallest absolute Gasteiger partial charge is 0.137 e. The standard InChI is InChI=1S/C14H24N4O/c1-4-7-15-13-10(2)14(17-11(3)16-13)18-8-5-6-12(18)9-19/h12,19H,4-9H2,1-3H3,(H,15,16,17). The molecular weight excluding hydrogens is 240 g/mol. The minimum absolute atomic E-state index is 0.195. The normalized spacial score (nSPS) is 18.9. The summed E-state index contributed by atoms with van der Waals surface area (Å²) in [5.41, 5.74) is 1.08. The molecule has 0 saturated carbocycles. The minimum Gasteiger partial charge on any atom is -0.394 e. The van der Waals surface area contributed by atoms with E-state index >= 15 is 0 Å². The van der Waals surface area contributed by atoms with Crippen molar-refractivity contribution < 1.29 is 5.11 Å². The number of nitrogens with one attached hydrogen (secondary N) is 1. The first-order chi connectivity index (χ1) is 9.17. The number of aromatic nitrogens is 2. The van der Waals surface area contributed by atoms with Gasteiger partial charge in [0.2, 0.25) is 0 Å². The Morgan fingerprint density at radius 2 is 2.16 bits per heavy atom. The number of aliphatic hydroxyl groups is 1. The van der Waals surface area contributed by atoms with Crippen molar-refractivity contribution in [1.82, 2.24) is 9.97 Å². The highest BCUT2D eigenvalue weighted by molar-refractivity contribution is 5.59. The molecule has 2 heterocycles. The lowest BCUT2D eigenvalue weighted by molar-refractivity contribution is 0.266. The Bertz CT molecular complexity index is 436. The third-order valence-corrected chi connectivity index (χ3v) is 3.63. The van der Waals surface area contributed by atoms with Crippen molar-refractivity contribution in [3.05, 3.63) is 11.4 Å². The molecule has 0 aromatic carbocycles. The minimum atomic E-state index is 0.195. The molecule has 1 unspecified atom stereocenters. The molecule has 5 heteroatoms. The first-order valence-electron chi connectivity index (χ1n) is 7.14. The molecule has 1 atom stereocenters. The first-order valence-corrected chi connectivity index (χ1v) is 7.14. The van der Waals surface area contributed by atoms with E-state index in [-0.39, 0.29) is 12.6 Å². The Balaban J connectivity index is 2.31. The summed E-state index contributed by atoms with van der Waals surface area (Å²) in [7, 11) is 0. The lowest BCUT2D eigenvalue weighted by Crippen LogP contribution is -2.33. The number of aliphatic hydroxyl groups excluding tert-OH is 1. The topological polar surface area (TPSA) is 61.3 Å². The molecular formula is C14H24N4O. The van der Waals surface area contributed by atoms with E-state index in [4.69, 9.17) is 0 Å². The van der Waals surface area contributed by atoms with Gasteiger partial charge in [0.15, 0.2) is 0 Å². The summed E-state index contributed by atoms with van der Waals surface area (Å²) < 4.78 is 0. The van der Waals surface area contributed by atoms with E-state index in [1.54, 1.807) is 0 Å². The first kappa shape index (κ1) is 14.1. The monoisotopic (exact) mass is 264 g/mol. The molecule has 106 valence electrons. The Kier molecular flexibility index (Phi) is 4.58. The van der Waals surface area contributed by atoms with E-state index in [0.29, 0.717) is 0 Å². The van der Waals surface area contributed by atoms with Gasteiger partial charge in [-0.25, -0.2) is 9.97 Å². The van der Waals surface area contributed by atoms with Gasteiger partial charge in [0, 0.05) is 18.7 Å². The molecule has 5 nitrogen and oxygen atoms in total. The van der Waals surface area contributed by atoms with Gasteiger partial charge in [-0.2, -0.15) is 0 Å². The van der Waals surface area contributed by atoms with E-state index in [9.17, 15) is 5.11 Å². The van der Waals surface area contributed by atoms with Crippen molar-refractivity contribution in [2.45, 2.75) is 46.1 Å². The Hall–Kier alpha value is -1.36. The van der Waals surface area contributed by atoms with Crippen LogP contribution in [0.1, 0.15) is 37.6 Å². The molecule has 2 rings (SSSR count). The molecule has 0 radical (unpaired) electrons. The van der Waals surface area contributed by atoms with Crippen LogP contribution in [0, 0.1) is 13.8 Å². The van der Waals surface area contributed by atoms with E-state index in [2.05, 4.69) is 34.0 Å². The van der Waals surface area contributed by atoms with E-state index in [0.717, 1.165) is 55.4 Å². The number of anilines is 2. The van der Waals surface area contributed by atoms with Gasteiger partial charge < -0.3 is 15.3 Å². The molecule has 1 aromatic rings. The zero-order chi connectivity index (χ0) is 13.8. The molecule has 0 amide bonds. The van der Waals surface area contributed by atoms with Gasteiger partial charge >= 0.3 is 0 Å². The number of aryl methyl sites for hydroxylation is 1. The number of rotatable bonds is 5. The molecule has 19 heavy (non-hydrogen) atoms. The Morgan fingerprint density at radius 1 is 1.37 bits per heavy atom. The third kappa shape index (κ3) is 2.97. The lowest BCUT2D eigenvalue weighted by atomic mass is 10.2. The second-order valence-electron chi connectivity index (χ2n) is 5.17. The van der Waals surface area contributed by atoms with Crippen molar-refractivity contribution in [1.29, 1.82) is 0 Å². The summed E-state index contributed by atoms with van der Waals surface area (Å²) in [5.74, 6) is 2.68. The molecule has 1 fully saturated rings. The predicted octanol–water partition coefficient (Wildman–Crippen LogP) is 1.88. The van der Waals surface area contributed by atoms with Gasteiger partial charge in [-0.05, 0) is 33.1 Å². The maximum Gasteiger partial charge on any atom is 0.137 e. The summed E-state index contributed by atoms with van der Waals surface area (Å²) in [5, 5.41) is 12.8. The third-order valence-electron chi connectivity index (χ3n) is 3.63. The van der Waals surface area contributed by atoms with Crippen LogP contribution in [0.25, 0.3) is 0 Å². The summed E-state index contributed by atoms with van der Waals surface area (Å²) in [6.07, 6.45) is 3.23. The van der Waals surface area contributed by atoms with E-state index < -0.39 is 0 Å². The number of hydrogen-bond donors (Lipinski definition) is 2. The van der Waals surface area contributed by atoms with Crippen LogP contribution in [-0.4, -0.2) is 40.8 Å². The van der Waals surface area contributed by atoms with Crippen molar-refractivity contribution in [2.24, 2.45) is 0 Å². The quantitative estimate of drug-likeness (QED) is 0.850. The predicted molar refractivity (Wildman–Crippen MR) is 77.7 cm³/mol. The van der Waals surface area contributed by atoms with Crippen molar-refractivity contribution >= 4 is 11.6 Å². The van der Waals surface area contributed by atoms with Crippen molar-refractivity contribution in [2.75, 3.05) is 29.9 Å². The van der Waals surface area contributed by atoms with Crippen LogP contribution >= 0.6 is 0 Å². The van der Waals surface area contributed by atoms with E-state index in [1.807, 2.05) is 6.92 Å². The van der Waals surface area contributed by atoms with Crippen LogP contribution in [0.15, 0.2) is 0 Å². The zero-order valence-electron chi connectivity index (χ0n) is 12.1. The highest BCUT2D eigenvalue weighted by Crippen LogP contribution is 2.29. The molecule has 1 saturated heterocycles. The highest BCUT2D eigenvalue weighted by Gasteiger charge is 2.27. The maximum absolute atomic E-state index is 9.47. The van der Waals surface area contributed by atoms with Gasteiger partial charge in [-0.1, -0.05) is 6.92 Å². The number of hydrogen-bond acceptors (Lipinski definition) is 5. The van der Waals surface area contributed by atoms with Crippen LogP contribution in [-0.2, 0) is 0 Å². The fourth-order valence-corrected chi connectivity index (χ4v) is 2.61. The molecule has 2 N–H and O–H groups in total. The molecule has 0 spiro atoms. The Morgan fingerprint density at radius 3 is 2.84 bits per heavy atom. The van der Waals surface area contributed by atoms with Gasteiger partial charge in [-0.3, -0.25) is 0 Å². The van der Waals surface area contributed by atoms with Crippen LogP contribution < -0.4 is 10.2 Å². The van der Waals surface area contributed by atoms with Crippen LogP contribution in [0.2, 0.25) is 0 Å². The molecule has 1 aliphatic rings. The SMILES string of the molecule is CCCNc1nc(C)nc(N2CCCC2CO)c1C. The fraction of sp³-hybridized carbons (Fsp3) is 0.714. The number of nitrogens with zero attached hydrogens (tertiary/aromatic N) is 3. The molecule has 0 bridgehead atoms. The van der Waals surface area contributed by atoms with Gasteiger partial charge in [0.25, 0.3) is 0 Å². The fourth-order valence-electron chi connectivity index (χ4n) is 2.61. The molecule has 0 aliphatic carbocycles. The average molecular weight is 264 g/mol. The summed E-state index contributed by atoms with van der Waals surface area (Å²) >= 11 is 0. The van der Waals surface area contributed by atoms with Gasteiger partial charge in [0.1, 0.15) is 17.5 Å². The molecule has 1 aliphatic heterocycles. The van der Waals surface area contributed by atoms with Crippen molar-refractivity contribution in [3.8, 4) is 0 Å². The summed E-state index contributed by atoms with van der Waals surface area (Å²) in [6.45, 7) is 8.19. The Labute approximate surface area is 115 Å². The largest absolute Gasteiger partial charge is 0.394 e. The van der Waals surface area contributed by atoms with Gasteiger partial charge in [-0.15, -0.1) is 0 Å².